The van der Waals surface area contributed by atoms with Gasteiger partial charge in [0.15, 0.2) is 12.4 Å². The summed E-state index contributed by atoms with van der Waals surface area (Å²) in [5.41, 5.74) is 0.745. The molecule has 1 aromatic rings. The fourth-order valence-electron chi connectivity index (χ4n) is 1.85. The summed E-state index contributed by atoms with van der Waals surface area (Å²) in [5, 5.41) is 11.2. The zero-order chi connectivity index (χ0) is 14.7. The van der Waals surface area contributed by atoms with Gasteiger partial charge in [0.25, 0.3) is 11.8 Å². The van der Waals surface area contributed by atoms with E-state index in [2.05, 4.69) is 5.32 Å². The molecule has 0 saturated heterocycles. The van der Waals surface area contributed by atoms with E-state index in [1.165, 1.54) is 11.9 Å². The number of carboxylic acids is 1. The van der Waals surface area contributed by atoms with E-state index in [-0.39, 0.29) is 31.4 Å². The maximum absolute atomic E-state index is 12.3. The van der Waals surface area contributed by atoms with Gasteiger partial charge in [-0.05, 0) is 12.1 Å². The molecule has 1 aliphatic rings. The molecule has 1 aliphatic heterocycles. The Bertz CT molecular complexity index is 570. The van der Waals surface area contributed by atoms with Crippen molar-refractivity contribution in [1.82, 2.24) is 4.90 Å². The van der Waals surface area contributed by atoms with E-state index in [4.69, 9.17) is 9.84 Å². The number of carboxylic acid groups (broad SMARTS) is 1. The van der Waals surface area contributed by atoms with Crippen molar-refractivity contribution in [3.05, 3.63) is 23.8 Å². The third kappa shape index (κ3) is 2.87. The van der Waals surface area contributed by atoms with Crippen LogP contribution >= 0.6 is 0 Å². The Balaban J connectivity index is 2.20. The van der Waals surface area contributed by atoms with Gasteiger partial charge in [0, 0.05) is 13.6 Å². The fraction of sp³-hybridized carbons (Fsp3) is 0.308. The molecule has 0 spiro atoms. The SMILES string of the molecule is CN(CCC(=O)O)C(=O)c1cccc2c1OCC(=O)N2. The number of para-hydroxylation sites is 1. The molecule has 7 heteroatoms. The second kappa shape index (κ2) is 5.60. The Labute approximate surface area is 115 Å². The number of rotatable bonds is 4. The summed E-state index contributed by atoms with van der Waals surface area (Å²) in [6, 6.07) is 4.85. The molecule has 0 radical (unpaired) electrons. The van der Waals surface area contributed by atoms with Crippen molar-refractivity contribution < 1.29 is 24.2 Å². The summed E-state index contributed by atoms with van der Waals surface area (Å²) in [6.07, 6.45) is -0.130. The lowest BCUT2D eigenvalue weighted by Gasteiger charge is -2.22. The first-order chi connectivity index (χ1) is 9.49. The van der Waals surface area contributed by atoms with Crippen LogP contribution in [-0.4, -0.2) is 48.0 Å². The predicted molar refractivity (Wildman–Crippen MR) is 69.8 cm³/mol. The van der Waals surface area contributed by atoms with Crippen LogP contribution in [0.3, 0.4) is 0 Å². The van der Waals surface area contributed by atoms with E-state index in [1.54, 1.807) is 18.2 Å². The van der Waals surface area contributed by atoms with Crippen LogP contribution in [0.4, 0.5) is 5.69 Å². The summed E-state index contributed by atoms with van der Waals surface area (Å²) in [7, 11) is 1.52. The zero-order valence-corrected chi connectivity index (χ0v) is 10.9. The number of anilines is 1. The molecular formula is C13H14N2O5. The molecule has 0 saturated carbocycles. The molecule has 0 unspecified atom stereocenters. The highest BCUT2D eigenvalue weighted by Gasteiger charge is 2.24. The molecule has 1 aromatic carbocycles. The van der Waals surface area contributed by atoms with Crippen molar-refractivity contribution >= 4 is 23.5 Å². The van der Waals surface area contributed by atoms with Crippen LogP contribution in [0.25, 0.3) is 0 Å². The van der Waals surface area contributed by atoms with Crippen molar-refractivity contribution in [3.8, 4) is 5.75 Å². The lowest BCUT2D eigenvalue weighted by molar-refractivity contribution is -0.137. The first-order valence-electron chi connectivity index (χ1n) is 6.02. The average molecular weight is 278 g/mol. The molecule has 0 aromatic heterocycles. The Morgan fingerprint density at radius 3 is 2.90 bits per heavy atom. The van der Waals surface area contributed by atoms with Gasteiger partial charge in [-0.15, -0.1) is 0 Å². The van der Waals surface area contributed by atoms with Gasteiger partial charge in [0.2, 0.25) is 0 Å². The largest absolute Gasteiger partial charge is 0.481 e. The number of hydrogen-bond acceptors (Lipinski definition) is 4. The van der Waals surface area contributed by atoms with E-state index in [1.807, 2.05) is 0 Å². The number of fused-ring (bicyclic) bond motifs is 1. The summed E-state index contributed by atoms with van der Waals surface area (Å²) in [6.45, 7) is -0.0413. The Hall–Kier alpha value is -2.57. The third-order valence-corrected chi connectivity index (χ3v) is 2.87. The Morgan fingerprint density at radius 2 is 2.20 bits per heavy atom. The van der Waals surface area contributed by atoms with Gasteiger partial charge in [-0.25, -0.2) is 0 Å². The molecule has 20 heavy (non-hydrogen) atoms. The minimum absolute atomic E-state index is 0.101. The topological polar surface area (TPSA) is 95.9 Å². The van der Waals surface area contributed by atoms with Gasteiger partial charge in [-0.3, -0.25) is 14.4 Å². The van der Waals surface area contributed by atoms with Gasteiger partial charge in [-0.2, -0.15) is 0 Å². The lowest BCUT2D eigenvalue weighted by Crippen LogP contribution is -2.31. The third-order valence-electron chi connectivity index (χ3n) is 2.87. The molecule has 0 aliphatic carbocycles. The molecule has 2 rings (SSSR count). The lowest BCUT2D eigenvalue weighted by atomic mass is 10.1. The number of carbonyl (C=O) groups excluding carboxylic acids is 2. The standard InChI is InChI=1S/C13H14N2O5/c1-15(6-5-11(17)18)13(19)8-3-2-4-9-12(8)20-7-10(16)14-9/h2-4H,5-7H2,1H3,(H,14,16)(H,17,18). The first-order valence-corrected chi connectivity index (χ1v) is 6.02. The van der Waals surface area contributed by atoms with Gasteiger partial charge in [-0.1, -0.05) is 6.07 Å². The second-order valence-corrected chi connectivity index (χ2v) is 4.39. The highest BCUT2D eigenvalue weighted by Crippen LogP contribution is 2.32. The first kappa shape index (κ1) is 13.9. The van der Waals surface area contributed by atoms with Crippen LogP contribution in [0.5, 0.6) is 5.75 Å². The summed E-state index contributed by atoms with van der Waals surface area (Å²) < 4.78 is 5.29. The van der Waals surface area contributed by atoms with Crippen LogP contribution in [0, 0.1) is 0 Å². The number of nitrogens with zero attached hydrogens (tertiary/aromatic N) is 1. The number of nitrogens with one attached hydrogen (secondary N) is 1. The minimum atomic E-state index is -0.969. The summed E-state index contributed by atoms with van der Waals surface area (Å²) in [5.74, 6) is -1.27. The van der Waals surface area contributed by atoms with E-state index in [0.29, 0.717) is 17.0 Å². The zero-order valence-electron chi connectivity index (χ0n) is 10.9. The molecular weight excluding hydrogens is 264 g/mol. The van der Waals surface area contributed by atoms with Gasteiger partial charge >= 0.3 is 5.97 Å². The number of benzene rings is 1. The highest BCUT2D eigenvalue weighted by atomic mass is 16.5. The minimum Gasteiger partial charge on any atom is -0.481 e. The van der Waals surface area contributed by atoms with Crippen LogP contribution in [-0.2, 0) is 9.59 Å². The molecule has 1 heterocycles. The number of ether oxygens (including phenoxy) is 1. The van der Waals surface area contributed by atoms with Gasteiger partial charge in [0.1, 0.15) is 0 Å². The van der Waals surface area contributed by atoms with Crippen LogP contribution in [0.2, 0.25) is 0 Å². The fourth-order valence-corrected chi connectivity index (χ4v) is 1.85. The van der Waals surface area contributed by atoms with Crippen molar-refractivity contribution in [2.24, 2.45) is 0 Å². The molecule has 0 atom stereocenters. The molecule has 2 amide bonds. The Kier molecular flexibility index (Phi) is 3.88. The van der Waals surface area contributed by atoms with Crippen molar-refractivity contribution in [3.63, 3.8) is 0 Å². The molecule has 0 bridgehead atoms. The van der Waals surface area contributed by atoms with Crippen LogP contribution < -0.4 is 10.1 Å². The monoisotopic (exact) mass is 278 g/mol. The molecule has 106 valence electrons. The normalized spacial score (nSPS) is 12.9. The number of carbonyl (C=O) groups is 3. The number of amides is 2. The second-order valence-electron chi connectivity index (χ2n) is 4.39. The maximum atomic E-state index is 12.3. The van der Waals surface area contributed by atoms with Gasteiger partial charge < -0.3 is 20.1 Å². The van der Waals surface area contributed by atoms with E-state index >= 15 is 0 Å². The van der Waals surface area contributed by atoms with Crippen LogP contribution in [0.1, 0.15) is 16.8 Å². The maximum Gasteiger partial charge on any atom is 0.305 e. The van der Waals surface area contributed by atoms with Crippen LogP contribution in [0.15, 0.2) is 18.2 Å². The highest BCUT2D eigenvalue weighted by molar-refractivity contribution is 6.03. The van der Waals surface area contributed by atoms with Crippen molar-refractivity contribution in [2.75, 3.05) is 25.5 Å². The van der Waals surface area contributed by atoms with E-state index < -0.39 is 5.97 Å². The van der Waals surface area contributed by atoms with Gasteiger partial charge in [0.05, 0.1) is 17.7 Å². The molecule has 7 nitrogen and oxygen atoms in total. The quantitative estimate of drug-likeness (QED) is 0.839. The number of aliphatic carboxylic acids is 1. The molecule has 0 fully saturated rings. The smallest absolute Gasteiger partial charge is 0.305 e. The summed E-state index contributed by atoms with van der Waals surface area (Å²) in [4.78, 5) is 35.3. The van der Waals surface area contributed by atoms with Crippen molar-refractivity contribution in [1.29, 1.82) is 0 Å². The summed E-state index contributed by atoms with van der Waals surface area (Å²) >= 11 is 0. The average Bonchev–Trinajstić information content (AvgIpc) is 2.42. The molecule has 2 N–H and O–H groups in total. The van der Waals surface area contributed by atoms with E-state index in [9.17, 15) is 14.4 Å². The number of hydrogen-bond donors (Lipinski definition) is 2. The predicted octanol–water partition coefficient (Wildman–Crippen LogP) is 0.564. The Morgan fingerprint density at radius 1 is 1.45 bits per heavy atom. The van der Waals surface area contributed by atoms with Crippen molar-refractivity contribution in [2.45, 2.75) is 6.42 Å². The van der Waals surface area contributed by atoms with E-state index in [0.717, 1.165) is 0 Å².